The number of fused-ring (bicyclic) bond motifs is 7. The van der Waals surface area contributed by atoms with E-state index in [-0.39, 0.29) is 0 Å². The summed E-state index contributed by atoms with van der Waals surface area (Å²) in [5, 5.41) is -6.23. The summed E-state index contributed by atoms with van der Waals surface area (Å²) < 4.78 is 349. The van der Waals surface area contributed by atoms with Gasteiger partial charge in [0.05, 0.1) is 60.4 Å². The first kappa shape index (κ1) is 13.6. The van der Waals surface area contributed by atoms with E-state index < -0.39 is 331 Å². The van der Waals surface area contributed by atoms with Crippen molar-refractivity contribution >= 4 is 68.5 Å². The summed E-state index contributed by atoms with van der Waals surface area (Å²) in [4.78, 5) is 0. The van der Waals surface area contributed by atoms with Crippen molar-refractivity contribution < 1.29 is 58.7 Å². The van der Waals surface area contributed by atoms with Crippen LogP contribution in [-0.2, 0) is 0 Å². The Morgan fingerprint density at radius 1 is 0.441 bits per heavy atom. The van der Waals surface area contributed by atoms with Crippen LogP contribution in [0.4, 0.5) is 0 Å². The fourth-order valence-corrected chi connectivity index (χ4v) is 11.3. The van der Waals surface area contributed by atoms with Gasteiger partial charge in [0.25, 0.3) is 0 Å². The van der Waals surface area contributed by atoms with E-state index in [9.17, 15) is 23.3 Å². The molecule has 2 aliphatic rings. The Hall–Kier alpha value is -7.34. The van der Waals surface area contributed by atoms with Gasteiger partial charge in [-0.1, -0.05) is 175 Å². The minimum Gasteiger partial charge on any atom is -0.551 e. The highest BCUT2D eigenvalue weighted by Gasteiger charge is 2.44. The Labute approximate surface area is 395 Å². The van der Waals surface area contributed by atoms with Gasteiger partial charge >= 0.3 is 6.92 Å². The quantitative estimate of drug-likeness (QED) is 0.124. The zero-order chi connectivity index (χ0) is 70.2. The molecule has 0 spiro atoms. The van der Waals surface area contributed by atoms with E-state index >= 15 is 0 Å². The number of hydrogen-bond acceptors (Lipinski definition) is 2. The minimum absolute atomic E-state index is 0.543. The molecule has 3 heterocycles. The van der Waals surface area contributed by atoms with Crippen molar-refractivity contribution in [3.63, 3.8) is 0 Å². The Kier molecular flexibility index (Phi) is 3.09. The van der Waals surface area contributed by atoms with E-state index in [1.807, 2.05) is 0 Å². The summed E-state index contributed by atoms with van der Waals surface area (Å²) in [5.41, 5.74) is -7.62. The van der Waals surface area contributed by atoms with E-state index in [1.54, 1.807) is 0 Å². The number of aromatic nitrogens is 1. The Bertz CT molecular complexity index is 5030. The highest BCUT2D eigenvalue weighted by Crippen LogP contribution is 2.42. The van der Waals surface area contributed by atoms with Gasteiger partial charge < -0.3 is 14.0 Å². The Balaban J connectivity index is 1.35. The van der Waals surface area contributed by atoms with Gasteiger partial charge in [-0.25, -0.2) is 0 Å². The molecule has 1 aromatic heterocycles. The molecule has 0 amide bonds. The number of nitrogens with zero attached hydrogens (tertiary/aromatic N) is 1. The molecule has 2 aliphatic heterocycles. The van der Waals surface area contributed by atoms with Crippen LogP contribution in [0, 0.1) is 0 Å². The smallest absolute Gasteiger partial charge is 0.434 e. The normalized spacial score (nSPS) is 21.2. The SMILES string of the molecule is [2H]c1c([2H])c([2H])c([Si](c2c([2H])c([2H])c([2H])c([2H])c2[2H])(c2c([2H])c([2H])c([2H])c([2H])c2[2H])c2c([2H])c([2H])c([2H])c([2H])c2-c2c([2H])c3c4c(c2[2H])-c2c([2H])c([2H])c([2H])c([2H])c2OB4c2c([2H])c([2H])c(-n4c5c([2H])c([2H])c([2H])c([2H])c5c5c([2H])c([2H])c([2H])c([2H])c54)c([2H])c2O3)c([2H])c1[2H]. The van der Waals surface area contributed by atoms with Gasteiger partial charge in [-0.05, 0) is 73.7 Å². The van der Waals surface area contributed by atoms with Crippen LogP contribution >= 0.6 is 0 Å². The van der Waals surface area contributed by atoms with Crippen LogP contribution in [0.5, 0.6) is 17.2 Å². The minimum atomic E-state index is -6.74. The van der Waals surface area contributed by atoms with Crippen molar-refractivity contribution in [2.75, 3.05) is 0 Å². The molecule has 0 aliphatic carbocycles. The van der Waals surface area contributed by atoms with Gasteiger partial charge in [0.1, 0.15) is 17.2 Å². The van der Waals surface area contributed by atoms with Crippen LogP contribution in [0.25, 0.3) is 49.7 Å². The fourth-order valence-electron chi connectivity index (χ4n) is 7.47. The van der Waals surface area contributed by atoms with Crippen molar-refractivity contribution in [2.45, 2.75) is 0 Å². The average molecular weight is 806 g/mol. The van der Waals surface area contributed by atoms with Crippen molar-refractivity contribution in [3.05, 3.63) is 218 Å². The molecule has 0 radical (unpaired) electrons. The molecular formula is C54H36BNO2Si. The summed E-state index contributed by atoms with van der Waals surface area (Å²) in [5.74, 6) is -2.83. The van der Waals surface area contributed by atoms with E-state index in [0.29, 0.717) is 4.57 Å². The van der Waals surface area contributed by atoms with Crippen LogP contribution in [0.1, 0.15) is 49.3 Å². The molecule has 0 bridgehead atoms. The summed E-state index contributed by atoms with van der Waals surface area (Å²) in [6.07, 6.45) is 0. The maximum atomic E-state index is 10.5. The molecule has 59 heavy (non-hydrogen) atoms. The highest BCUT2D eigenvalue weighted by atomic mass is 28.3. The fraction of sp³-hybridized carbons (Fsp3) is 0. The summed E-state index contributed by atoms with van der Waals surface area (Å²) in [6.45, 7) is -2.17. The number of benzene rings is 9. The third-order valence-corrected chi connectivity index (χ3v) is 14.0. The summed E-state index contributed by atoms with van der Waals surface area (Å²) in [6, 6.07) is -42.1. The van der Waals surface area contributed by atoms with Crippen LogP contribution in [0.15, 0.2) is 218 Å². The maximum absolute atomic E-state index is 10.5. The number of para-hydroxylation sites is 3. The monoisotopic (exact) mass is 805 g/mol. The van der Waals surface area contributed by atoms with Crippen molar-refractivity contribution in [3.8, 4) is 45.2 Å². The van der Waals surface area contributed by atoms with Crippen molar-refractivity contribution in [1.29, 1.82) is 0 Å². The third kappa shape index (κ3) is 5.08. The van der Waals surface area contributed by atoms with E-state index in [4.69, 9.17) is 35.4 Å². The third-order valence-electron chi connectivity index (χ3n) is 9.86. The molecule has 0 unspecified atom stereocenters. The zero-order valence-electron chi connectivity index (χ0n) is 65.3. The summed E-state index contributed by atoms with van der Waals surface area (Å²) >= 11 is 0. The molecule has 12 rings (SSSR count). The van der Waals surface area contributed by atoms with Crippen LogP contribution in [0.2, 0.25) is 0 Å². The van der Waals surface area contributed by atoms with Crippen LogP contribution in [-0.4, -0.2) is 19.6 Å². The molecule has 276 valence electrons. The molecule has 10 aromatic rings. The van der Waals surface area contributed by atoms with E-state index in [1.165, 1.54) is 0 Å². The lowest BCUT2D eigenvalue weighted by Gasteiger charge is -2.36. The number of rotatable bonds is 6. The number of hydrogen-bond donors (Lipinski definition) is 0. The Morgan fingerprint density at radius 2 is 0.983 bits per heavy atom. The lowest BCUT2D eigenvalue weighted by atomic mass is 9.50. The van der Waals surface area contributed by atoms with Gasteiger partial charge in [0, 0.05) is 39.0 Å². The zero-order valence-corrected chi connectivity index (χ0v) is 30.3. The molecule has 0 saturated carbocycles. The van der Waals surface area contributed by atoms with E-state index in [0.717, 1.165) is 0 Å². The first-order valence-corrected chi connectivity index (χ1v) is 19.3. The molecule has 0 fully saturated rings. The largest absolute Gasteiger partial charge is 0.551 e. The molecule has 0 atom stereocenters. The first-order chi connectivity index (χ1) is 44.2. The standard InChI is InChI=1S/C54H36BNO2Si/c1-4-18-39(19-5-1)59(40-20-6-2-7-21-40,41-22-8-3-9-23-41)53-31-17-13-24-42(53)37-34-46-45-27-12-16-30-50(45)58-55-47-33-32-38(36-51(47)57-52(35-37)54(46)55)56-48-28-14-10-25-43(48)44-26-11-15-29-49(44)56/h1-36H/i1D,2D,3D,4D,5D,6D,7D,8D,9D,10D,11D,12D,13D,14D,15D,16D,17D,18D,19D,20D,21D,22D,23D,24D,25D,26D,27D,28D,29D,30D,31D,32D,33D,34D,35D,36D. The van der Waals surface area contributed by atoms with Gasteiger partial charge in [-0.3, -0.25) is 0 Å². The van der Waals surface area contributed by atoms with Gasteiger partial charge in [-0.2, -0.15) is 0 Å². The molecule has 0 saturated heterocycles. The summed E-state index contributed by atoms with van der Waals surface area (Å²) in [7, 11) is -6.74. The van der Waals surface area contributed by atoms with Crippen LogP contribution in [0.3, 0.4) is 0 Å². The predicted octanol–water partition coefficient (Wildman–Crippen LogP) is 9.10. The maximum Gasteiger partial charge on any atom is 0.434 e. The highest BCUT2D eigenvalue weighted by molar-refractivity contribution is 7.20. The van der Waals surface area contributed by atoms with Crippen molar-refractivity contribution in [2.24, 2.45) is 0 Å². The van der Waals surface area contributed by atoms with Gasteiger partial charge in [0.15, 0.2) is 8.07 Å². The van der Waals surface area contributed by atoms with Gasteiger partial charge in [0.2, 0.25) is 0 Å². The molecule has 5 heteroatoms. The average Bonchev–Trinajstić information content (AvgIpc) is 1.08. The van der Waals surface area contributed by atoms with E-state index in [2.05, 4.69) is 0 Å². The molecule has 3 nitrogen and oxygen atoms in total. The Morgan fingerprint density at radius 3 is 1.63 bits per heavy atom. The molecular weight excluding hydrogens is 733 g/mol. The second-order valence-corrected chi connectivity index (χ2v) is 16.3. The second kappa shape index (κ2) is 13.4. The van der Waals surface area contributed by atoms with Crippen molar-refractivity contribution in [1.82, 2.24) is 4.57 Å². The lowest BCUT2D eigenvalue weighted by molar-refractivity contribution is 0.479. The topological polar surface area (TPSA) is 23.4 Å². The molecule has 0 N–H and O–H groups in total. The van der Waals surface area contributed by atoms with Crippen LogP contribution < -0.4 is 41.1 Å². The first-order valence-electron chi connectivity index (χ1n) is 35.3. The van der Waals surface area contributed by atoms with Gasteiger partial charge in [-0.15, -0.1) is 0 Å². The number of ether oxygens (including phenoxy) is 1. The lowest BCUT2D eigenvalue weighted by Crippen LogP contribution is -2.75. The predicted molar refractivity (Wildman–Crippen MR) is 247 cm³/mol. The molecule has 9 aromatic carbocycles. The second-order valence-electron chi connectivity index (χ2n) is 12.8.